The second-order valence-electron chi connectivity index (χ2n) is 5.92. The summed E-state index contributed by atoms with van der Waals surface area (Å²) < 4.78 is 0. The largest absolute Gasteiger partial charge is 0.314 e. The number of nitrogens with one attached hydrogen (secondary N) is 1. The lowest BCUT2D eigenvalue weighted by Gasteiger charge is -2.41. The average molecular weight is 332 g/mol. The van der Waals surface area contributed by atoms with Gasteiger partial charge in [-0.1, -0.05) is 25.3 Å². The predicted molar refractivity (Wildman–Crippen MR) is 92.5 cm³/mol. The molecule has 1 aliphatic carbocycles. The maximum Gasteiger partial charge on any atom is 0.0392 e. The van der Waals surface area contributed by atoms with E-state index in [1.54, 1.807) is 0 Å². The molecule has 1 aliphatic heterocycles. The standard InChI is InChI=1S/C16H25N3.2ClH/c1-2-5-14(6-3-1)16(15-7-4-8-18-13-15)19-11-9-17-10-12-19;;/h4,7-8,13-14,16-17H,1-3,5-6,9-12H2;2*1H/t16-;;/m0../s1. The first-order chi connectivity index (χ1) is 9.45. The first kappa shape index (κ1) is 18.7. The minimum absolute atomic E-state index is 0. The van der Waals surface area contributed by atoms with E-state index in [4.69, 9.17) is 0 Å². The molecule has 1 N–H and O–H groups in total. The van der Waals surface area contributed by atoms with Gasteiger partial charge in [-0.05, 0) is 30.4 Å². The van der Waals surface area contributed by atoms with E-state index >= 15 is 0 Å². The highest BCUT2D eigenvalue weighted by atomic mass is 35.5. The van der Waals surface area contributed by atoms with Crippen molar-refractivity contribution in [3.63, 3.8) is 0 Å². The Morgan fingerprint density at radius 3 is 2.43 bits per heavy atom. The molecule has 2 aliphatic rings. The molecule has 0 radical (unpaired) electrons. The zero-order valence-corrected chi connectivity index (χ0v) is 14.2. The summed E-state index contributed by atoms with van der Waals surface area (Å²) in [6.45, 7) is 4.61. The Hall–Kier alpha value is -0.350. The Labute approximate surface area is 140 Å². The van der Waals surface area contributed by atoms with Crippen LogP contribution < -0.4 is 5.32 Å². The van der Waals surface area contributed by atoms with E-state index in [-0.39, 0.29) is 24.8 Å². The van der Waals surface area contributed by atoms with E-state index in [9.17, 15) is 0 Å². The Kier molecular flexibility index (Phi) is 8.57. The van der Waals surface area contributed by atoms with Gasteiger partial charge in [0.05, 0.1) is 0 Å². The topological polar surface area (TPSA) is 28.2 Å². The third kappa shape index (κ3) is 4.82. The summed E-state index contributed by atoms with van der Waals surface area (Å²) in [4.78, 5) is 7.04. The fourth-order valence-corrected chi connectivity index (χ4v) is 3.74. The smallest absolute Gasteiger partial charge is 0.0392 e. The Morgan fingerprint density at radius 1 is 1.10 bits per heavy atom. The number of pyridine rings is 1. The molecular formula is C16H27Cl2N3. The van der Waals surface area contributed by atoms with Gasteiger partial charge in [-0.15, -0.1) is 24.8 Å². The highest BCUT2D eigenvalue weighted by Gasteiger charge is 2.30. The number of rotatable bonds is 3. The van der Waals surface area contributed by atoms with E-state index in [1.807, 2.05) is 6.20 Å². The second kappa shape index (κ2) is 9.62. The minimum atomic E-state index is 0. The van der Waals surface area contributed by atoms with Crippen molar-refractivity contribution in [2.45, 2.75) is 38.1 Å². The SMILES string of the molecule is Cl.Cl.c1cncc([C@H](C2CCCCC2)N2CCNCC2)c1. The van der Waals surface area contributed by atoms with Crippen LogP contribution in [0.5, 0.6) is 0 Å². The molecule has 1 saturated carbocycles. The Morgan fingerprint density at radius 2 is 1.81 bits per heavy atom. The molecule has 0 spiro atoms. The molecule has 0 unspecified atom stereocenters. The first-order valence-corrected chi connectivity index (χ1v) is 7.80. The molecular weight excluding hydrogens is 305 g/mol. The first-order valence-electron chi connectivity index (χ1n) is 7.80. The summed E-state index contributed by atoms with van der Waals surface area (Å²) in [6.07, 6.45) is 11.0. The molecule has 0 amide bonds. The van der Waals surface area contributed by atoms with Crippen LogP contribution in [0.15, 0.2) is 24.5 Å². The number of halogens is 2. The Balaban J connectivity index is 0.00000110. The van der Waals surface area contributed by atoms with E-state index in [2.05, 4.69) is 33.5 Å². The van der Waals surface area contributed by atoms with Crippen LogP contribution >= 0.6 is 24.8 Å². The molecule has 21 heavy (non-hydrogen) atoms. The fourth-order valence-electron chi connectivity index (χ4n) is 3.74. The molecule has 0 bridgehead atoms. The zero-order chi connectivity index (χ0) is 12.9. The number of hydrogen-bond acceptors (Lipinski definition) is 3. The Bertz CT molecular complexity index is 358. The maximum absolute atomic E-state index is 4.35. The summed E-state index contributed by atoms with van der Waals surface area (Å²) in [7, 11) is 0. The molecule has 0 aromatic carbocycles. The fraction of sp³-hybridized carbons (Fsp3) is 0.688. The maximum atomic E-state index is 4.35. The van der Waals surface area contributed by atoms with Crippen molar-refractivity contribution in [2.24, 2.45) is 5.92 Å². The van der Waals surface area contributed by atoms with Crippen molar-refractivity contribution in [3.8, 4) is 0 Å². The lowest BCUT2D eigenvalue weighted by molar-refractivity contribution is 0.103. The van der Waals surface area contributed by atoms with Gasteiger partial charge in [0.1, 0.15) is 0 Å². The molecule has 1 saturated heterocycles. The molecule has 2 heterocycles. The van der Waals surface area contributed by atoms with E-state index < -0.39 is 0 Å². The van der Waals surface area contributed by atoms with Crippen molar-refractivity contribution in [1.82, 2.24) is 15.2 Å². The third-order valence-corrected chi connectivity index (χ3v) is 4.67. The van der Waals surface area contributed by atoms with E-state index in [0.717, 1.165) is 19.0 Å². The van der Waals surface area contributed by atoms with Gasteiger partial charge in [0.25, 0.3) is 0 Å². The summed E-state index contributed by atoms with van der Waals surface area (Å²) in [5, 5.41) is 3.47. The van der Waals surface area contributed by atoms with Gasteiger partial charge in [-0.25, -0.2) is 0 Å². The average Bonchev–Trinajstić information content (AvgIpc) is 2.51. The van der Waals surface area contributed by atoms with Crippen LogP contribution in [0.1, 0.15) is 43.7 Å². The summed E-state index contributed by atoms with van der Waals surface area (Å²) in [6, 6.07) is 4.96. The van der Waals surface area contributed by atoms with Gasteiger partial charge >= 0.3 is 0 Å². The van der Waals surface area contributed by atoms with Crippen molar-refractivity contribution >= 4 is 24.8 Å². The molecule has 1 aromatic rings. The monoisotopic (exact) mass is 331 g/mol. The molecule has 2 fully saturated rings. The van der Waals surface area contributed by atoms with Crippen LogP contribution in [0.25, 0.3) is 0 Å². The molecule has 5 heteroatoms. The molecule has 3 nitrogen and oxygen atoms in total. The normalized spacial score (nSPS) is 21.9. The third-order valence-electron chi connectivity index (χ3n) is 4.67. The number of hydrogen-bond donors (Lipinski definition) is 1. The van der Waals surface area contributed by atoms with E-state index in [0.29, 0.717) is 6.04 Å². The van der Waals surface area contributed by atoms with Crippen molar-refractivity contribution in [1.29, 1.82) is 0 Å². The number of piperazine rings is 1. The number of aromatic nitrogens is 1. The van der Waals surface area contributed by atoms with Crippen molar-refractivity contribution in [2.75, 3.05) is 26.2 Å². The molecule has 3 rings (SSSR count). The van der Waals surface area contributed by atoms with Crippen LogP contribution in [0.4, 0.5) is 0 Å². The second-order valence-corrected chi connectivity index (χ2v) is 5.92. The van der Waals surface area contributed by atoms with Gasteiger partial charge in [0.15, 0.2) is 0 Å². The quantitative estimate of drug-likeness (QED) is 0.919. The van der Waals surface area contributed by atoms with Gasteiger partial charge in [0.2, 0.25) is 0 Å². The van der Waals surface area contributed by atoms with Crippen LogP contribution in [0.3, 0.4) is 0 Å². The lowest BCUT2D eigenvalue weighted by Crippen LogP contribution is -2.47. The van der Waals surface area contributed by atoms with E-state index in [1.165, 1.54) is 50.8 Å². The van der Waals surface area contributed by atoms with Crippen LogP contribution in [-0.4, -0.2) is 36.1 Å². The van der Waals surface area contributed by atoms with Gasteiger partial charge in [-0.2, -0.15) is 0 Å². The molecule has 1 atom stereocenters. The summed E-state index contributed by atoms with van der Waals surface area (Å²) in [5.74, 6) is 0.830. The van der Waals surface area contributed by atoms with Crippen molar-refractivity contribution < 1.29 is 0 Å². The zero-order valence-electron chi connectivity index (χ0n) is 12.5. The number of nitrogens with zero attached hydrogens (tertiary/aromatic N) is 2. The van der Waals surface area contributed by atoms with Gasteiger partial charge in [-0.3, -0.25) is 9.88 Å². The van der Waals surface area contributed by atoms with Gasteiger partial charge < -0.3 is 5.32 Å². The van der Waals surface area contributed by atoms with Crippen LogP contribution in [0, 0.1) is 5.92 Å². The minimum Gasteiger partial charge on any atom is -0.314 e. The van der Waals surface area contributed by atoms with Crippen LogP contribution in [-0.2, 0) is 0 Å². The molecule has 120 valence electrons. The molecule has 1 aromatic heterocycles. The van der Waals surface area contributed by atoms with Gasteiger partial charge in [0, 0.05) is 44.6 Å². The predicted octanol–water partition coefficient (Wildman–Crippen LogP) is 3.45. The van der Waals surface area contributed by atoms with Crippen LogP contribution in [0.2, 0.25) is 0 Å². The van der Waals surface area contributed by atoms with Crippen molar-refractivity contribution in [3.05, 3.63) is 30.1 Å². The lowest BCUT2D eigenvalue weighted by atomic mass is 9.80. The highest BCUT2D eigenvalue weighted by Crippen LogP contribution is 2.38. The summed E-state index contributed by atoms with van der Waals surface area (Å²) in [5.41, 5.74) is 1.43. The highest BCUT2D eigenvalue weighted by molar-refractivity contribution is 5.85. The summed E-state index contributed by atoms with van der Waals surface area (Å²) >= 11 is 0.